The number of carbonyl (C=O) groups is 2. The number of esters is 1. The van der Waals surface area contributed by atoms with Gasteiger partial charge in [-0.2, -0.15) is 0 Å². The lowest BCUT2D eigenvalue weighted by atomic mass is 9.78. The van der Waals surface area contributed by atoms with Crippen LogP contribution in [0.4, 0.5) is 4.39 Å². The summed E-state index contributed by atoms with van der Waals surface area (Å²) >= 11 is 0. The molecule has 6 nitrogen and oxygen atoms in total. The molecule has 0 aliphatic carbocycles. The fraction of sp³-hybridized carbons (Fsp3) is 0.444. The SMILES string of the molecule is CCOC(=O)C(OC(C)(C)C)c1c(C)c2c(c(C)c1-c1cc(F)c3c(c1C)CCCO3)CN(C(=O)c1ccccc1)CC2. The summed E-state index contributed by atoms with van der Waals surface area (Å²) in [6, 6.07) is 10.8. The van der Waals surface area contributed by atoms with Crippen molar-refractivity contribution in [2.24, 2.45) is 0 Å². The van der Waals surface area contributed by atoms with Crippen LogP contribution in [0.2, 0.25) is 0 Å². The van der Waals surface area contributed by atoms with Crippen molar-refractivity contribution in [3.8, 4) is 16.9 Å². The van der Waals surface area contributed by atoms with Gasteiger partial charge in [-0.25, -0.2) is 9.18 Å². The van der Waals surface area contributed by atoms with Crippen molar-refractivity contribution in [3.05, 3.63) is 86.7 Å². The molecule has 7 heteroatoms. The van der Waals surface area contributed by atoms with Crippen LogP contribution < -0.4 is 4.74 Å². The molecule has 0 spiro atoms. The zero-order chi connectivity index (χ0) is 31.1. The van der Waals surface area contributed by atoms with Crippen LogP contribution in [0.5, 0.6) is 5.75 Å². The number of fused-ring (bicyclic) bond motifs is 2. The van der Waals surface area contributed by atoms with Gasteiger partial charge >= 0.3 is 5.97 Å². The molecular weight excluding hydrogens is 545 g/mol. The summed E-state index contributed by atoms with van der Waals surface area (Å²) in [5, 5.41) is 0. The Labute approximate surface area is 254 Å². The summed E-state index contributed by atoms with van der Waals surface area (Å²) in [6.45, 7) is 15.2. The van der Waals surface area contributed by atoms with Gasteiger partial charge in [-0.1, -0.05) is 18.2 Å². The van der Waals surface area contributed by atoms with Crippen LogP contribution in [0.3, 0.4) is 0 Å². The largest absolute Gasteiger partial charge is 0.490 e. The maximum atomic E-state index is 15.7. The van der Waals surface area contributed by atoms with E-state index in [1.165, 1.54) is 6.07 Å². The summed E-state index contributed by atoms with van der Waals surface area (Å²) in [5.74, 6) is -0.602. The minimum absolute atomic E-state index is 0.0254. The Hall–Kier alpha value is -3.71. The zero-order valence-electron chi connectivity index (χ0n) is 26.4. The second-order valence-corrected chi connectivity index (χ2v) is 12.5. The van der Waals surface area contributed by atoms with Gasteiger partial charge in [-0.05, 0) is 125 Å². The summed E-state index contributed by atoms with van der Waals surface area (Å²) in [5.41, 5.74) is 7.88. The van der Waals surface area contributed by atoms with Crippen molar-refractivity contribution in [3.63, 3.8) is 0 Å². The van der Waals surface area contributed by atoms with Crippen LogP contribution in [-0.4, -0.2) is 42.1 Å². The molecule has 228 valence electrons. The fourth-order valence-corrected chi connectivity index (χ4v) is 6.55. The van der Waals surface area contributed by atoms with Crippen molar-refractivity contribution >= 4 is 11.9 Å². The van der Waals surface area contributed by atoms with Crippen LogP contribution >= 0.6 is 0 Å². The molecule has 0 N–H and O–H groups in total. The van der Waals surface area contributed by atoms with Gasteiger partial charge < -0.3 is 19.1 Å². The van der Waals surface area contributed by atoms with Crippen molar-refractivity contribution < 1.29 is 28.2 Å². The minimum Gasteiger partial charge on any atom is -0.490 e. The van der Waals surface area contributed by atoms with E-state index in [1.54, 1.807) is 6.92 Å². The second kappa shape index (κ2) is 12.1. The number of nitrogens with zero attached hydrogens (tertiary/aromatic N) is 1. The number of hydrogen-bond donors (Lipinski definition) is 0. The third-order valence-electron chi connectivity index (χ3n) is 8.55. The Balaban J connectivity index is 1.76. The maximum Gasteiger partial charge on any atom is 0.339 e. The highest BCUT2D eigenvalue weighted by atomic mass is 19.1. The molecular formula is C36H42FNO5. The van der Waals surface area contributed by atoms with E-state index in [9.17, 15) is 9.59 Å². The number of carbonyl (C=O) groups excluding carboxylic acids is 2. The van der Waals surface area contributed by atoms with Gasteiger partial charge in [-0.15, -0.1) is 0 Å². The molecule has 1 unspecified atom stereocenters. The smallest absolute Gasteiger partial charge is 0.339 e. The molecule has 43 heavy (non-hydrogen) atoms. The quantitative estimate of drug-likeness (QED) is 0.282. The molecule has 0 saturated heterocycles. The number of hydrogen-bond acceptors (Lipinski definition) is 5. The summed E-state index contributed by atoms with van der Waals surface area (Å²) in [6.07, 6.45) is 1.13. The topological polar surface area (TPSA) is 65.1 Å². The first-order valence-corrected chi connectivity index (χ1v) is 15.2. The molecule has 3 aromatic rings. The Morgan fingerprint density at radius 1 is 1.00 bits per heavy atom. The predicted molar refractivity (Wildman–Crippen MR) is 165 cm³/mol. The third kappa shape index (κ3) is 5.92. The first kappa shape index (κ1) is 30.7. The lowest BCUT2D eigenvalue weighted by Crippen LogP contribution is -2.37. The zero-order valence-corrected chi connectivity index (χ0v) is 26.4. The van der Waals surface area contributed by atoms with E-state index in [0.717, 1.165) is 45.4 Å². The van der Waals surface area contributed by atoms with Crippen molar-refractivity contribution in [2.45, 2.75) is 86.0 Å². The standard InChI is InChI=1S/C36H42FNO5/c1-8-41-35(40)33(43-36(5,6)7)31-22(3)25-16-17-38(34(39)24-13-10-9-11-14-24)20-28(25)23(4)30(31)27-19-29(37)32-26(21(27)2)15-12-18-42-32/h9-11,13-14,19,33H,8,12,15-18,20H2,1-7H3. The predicted octanol–water partition coefficient (Wildman–Crippen LogP) is 7.36. The number of ether oxygens (including phenoxy) is 3. The molecule has 2 aliphatic heterocycles. The molecule has 1 atom stereocenters. The van der Waals surface area contributed by atoms with E-state index >= 15 is 4.39 Å². The average molecular weight is 588 g/mol. The van der Waals surface area contributed by atoms with E-state index in [0.29, 0.717) is 55.0 Å². The number of amides is 1. The first-order chi connectivity index (χ1) is 20.4. The Morgan fingerprint density at radius 3 is 2.40 bits per heavy atom. The molecule has 3 aromatic carbocycles. The van der Waals surface area contributed by atoms with E-state index in [2.05, 4.69) is 0 Å². The van der Waals surface area contributed by atoms with Crippen LogP contribution in [0, 0.1) is 26.6 Å². The van der Waals surface area contributed by atoms with Gasteiger partial charge in [-0.3, -0.25) is 4.79 Å². The van der Waals surface area contributed by atoms with E-state index in [4.69, 9.17) is 14.2 Å². The van der Waals surface area contributed by atoms with Gasteiger partial charge in [0.25, 0.3) is 5.91 Å². The van der Waals surface area contributed by atoms with Crippen molar-refractivity contribution in [1.82, 2.24) is 4.90 Å². The molecule has 1 amide bonds. The summed E-state index contributed by atoms with van der Waals surface area (Å²) in [4.78, 5) is 29.0. The van der Waals surface area contributed by atoms with E-state index in [1.807, 2.05) is 76.8 Å². The van der Waals surface area contributed by atoms with Gasteiger partial charge in [0.2, 0.25) is 0 Å². The Kier molecular flexibility index (Phi) is 8.66. The van der Waals surface area contributed by atoms with Gasteiger partial charge in [0.1, 0.15) is 0 Å². The first-order valence-electron chi connectivity index (χ1n) is 15.2. The number of halogens is 1. The molecule has 0 radical (unpaired) electrons. The number of rotatable bonds is 6. The monoisotopic (exact) mass is 587 g/mol. The highest BCUT2D eigenvalue weighted by Crippen LogP contribution is 2.46. The van der Waals surface area contributed by atoms with Crippen LogP contribution in [0.1, 0.15) is 89.5 Å². The molecule has 0 fully saturated rings. The Bertz CT molecular complexity index is 1560. The maximum absolute atomic E-state index is 15.7. The van der Waals surface area contributed by atoms with Crippen LogP contribution in [0.25, 0.3) is 11.1 Å². The molecule has 0 bridgehead atoms. The number of benzene rings is 3. The lowest BCUT2D eigenvalue weighted by Gasteiger charge is -2.36. The van der Waals surface area contributed by atoms with E-state index < -0.39 is 23.5 Å². The van der Waals surface area contributed by atoms with Gasteiger partial charge in [0.05, 0.1) is 18.8 Å². The van der Waals surface area contributed by atoms with Crippen LogP contribution in [-0.2, 0) is 33.7 Å². The van der Waals surface area contributed by atoms with Crippen LogP contribution in [0.15, 0.2) is 36.4 Å². The molecule has 0 aromatic heterocycles. The summed E-state index contributed by atoms with van der Waals surface area (Å²) < 4.78 is 33.5. The normalized spacial score (nSPS) is 15.3. The average Bonchev–Trinajstić information content (AvgIpc) is 2.99. The fourth-order valence-electron chi connectivity index (χ4n) is 6.55. The van der Waals surface area contributed by atoms with Crippen molar-refractivity contribution in [1.29, 1.82) is 0 Å². The molecule has 2 aliphatic rings. The highest BCUT2D eigenvalue weighted by molar-refractivity contribution is 5.94. The summed E-state index contributed by atoms with van der Waals surface area (Å²) in [7, 11) is 0. The minimum atomic E-state index is -1.02. The van der Waals surface area contributed by atoms with E-state index in [-0.39, 0.29) is 12.5 Å². The molecule has 5 rings (SSSR count). The van der Waals surface area contributed by atoms with Gasteiger partial charge in [0.15, 0.2) is 17.7 Å². The lowest BCUT2D eigenvalue weighted by molar-refractivity contribution is -0.166. The highest BCUT2D eigenvalue weighted by Gasteiger charge is 2.37. The Morgan fingerprint density at radius 2 is 1.72 bits per heavy atom. The third-order valence-corrected chi connectivity index (χ3v) is 8.55. The van der Waals surface area contributed by atoms with Gasteiger partial charge in [0, 0.05) is 29.8 Å². The van der Waals surface area contributed by atoms with Crippen molar-refractivity contribution in [2.75, 3.05) is 19.8 Å². The molecule has 0 saturated carbocycles. The molecule has 2 heterocycles. The second-order valence-electron chi connectivity index (χ2n) is 12.5.